The molecule has 0 saturated heterocycles. The highest BCUT2D eigenvalue weighted by molar-refractivity contribution is 7.07. The number of ether oxygens (including phenoxy) is 3. The number of esters is 1. The number of amides is 1. The molecule has 1 amide bonds. The van der Waals surface area contributed by atoms with Crippen molar-refractivity contribution in [2.24, 2.45) is 10.1 Å². The van der Waals surface area contributed by atoms with Gasteiger partial charge in [-0.3, -0.25) is 9.79 Å². The minimum absolute atomic E-state index is 0.0158. The largest absolute Gasteiger partial charge is 0.489 e. The average Bonchev–Trinajstić information content (AvgIpc) is 3.38. The van der Waals surface area contributed by atoms with Gasteiger partial charge >= 0.3 is 5.97 Å². The number of fused-ring (bicyclic) bond motifs is 1. The topological polar surface area (TPSA) is 104 Å². The smallest absolute Gasteiger partial charge is 0.337 e. The molecule has 10 heteroatoms. The maximum atomic E-state index is 11.7. The Bertz CT molecular complexity index is 1570. The van der Waals surface area contributed by atoms with E-state index in [-0.39, 0.29) is 18.5 Å². The molecule has 0 saturated carbocycles. The third kappa shape index (κ3) is 5.50. The molecule has 9 nitrogen and oxygen atoms in total. The number of aromatic nitrogens is 1. The molecule has 0 bridgehead atoms. The Hall–Kier alpha value is -4.70. The highest BCUT2D eigenvalue weighted by atomic mass is 32.1. The Morgan fingerprint density at radius 3 is 2.66 bits per heavy atom. The number of methoxy groups -OCH3 is 1. The van der Waals surface area contributed by atoms with Gasteiger partial charge in [0.2, 0.25) is 4.80 Å². The zero-order chi connectivity index (χ0) is 26.5. The van der Waals surface area contributed by atoms with Crippen LogP contribution in [0.4, 0.5) is 5.69 Å². The summed E-state index contributed by atoms with van der Waals surface area (Å²) >= 11 is 1.47. The number of nitrogens with zero attached hydrogens (tertiary/aromatic N) is 3. The lowest BCUT2D eigenvalue weighted by molar-refractivity contribution is -0.118. The number of carbonyl (C=O) groups is 2. The van der Waals surface area contributed by atoms with Crippen LogP contribution in [0.3, 0.4) is 0 Å². The molecular weight excluding hydrogens is 504 g/mol. The second-order valence-corrected chi connectivity index (χ2v) is 9.11. The van der Waals surface area contributed by atoms with Gasteiger partial charge in [-0.15, -0.1) is 11.3 Å². The van der Waals surface area contributed by atoms with E-state index in [4.69, 9.17) is 14.2 Å². The van der Waals surface area contributed by atoms with Crippen LogP contribution in [-0.4, -0.2) is 43.5 Å². The Kier molecular flexibility index (Phi) is 7.32. The van der Waals surface area contributed by atoms with Gasteiger partial charge in [-0.05, 0) is 65.7 Å². The highest BCUT2D eigenvalue weighted by Gasteiger charge is 2.17. The van der Waals surface area contributed by atoms with E-state index in [1.54, 1.807) is 30.1 Å². The van der Waals surface area contributed by atoms with Crippen LogP contribution in [0.5, 0.6) is 11.5 Å². The summed E-state index contributed by atoms with van der Waals surface area (Å²) in [6, 6.07) is 20.3. The molecule has 4 aromatic rings. The zero-order valence-electron chi connectivity index (χ0n) is 20.7. The molecule has 0 radical (unpaired) electrons. The lowest BCUT2D eigenvalue weighted by atomic mass is 10.1. The summed E-state index contributed by atoms with van der Waals surface area (Å²) in [5.74, 6) is 0.803. The van der Waals surface area contributed by atoms with Gasteiger partial charge in [0.05, 0.1) is 30.3 Å². The molecule has 1 aliphatic heterocycles. The van der Waals surface area contributed by atoms with E-state index in [2.05, 4.69) is 15.4 Å². The summed E-state index contributed by atoms with van der Waals surface area (Å²) in [4.78, 5) is 28.4. The van der Waals surface area contributed by atoms with Crippen LogP contribution in [0.1, 0.15) is 21.5 Å². The van der Waals surface area contributed by atoms with E-state index in [0.29, 0.717) is 29.4 Å². The molecule has 1 N–H and O–H groups in total. The van der Waals surface area contributed by atoms with Crippen molar-refractivity contribution >= 4 is 35.1 Å². The van der Waals surface area contributed by atoms with E-state index >= 15 is 0 Å². The quantitative estimate of drug-likeness (QED) is 0.284. The van der Waals surface area contributed by atoms with Gasteiger partial charge in [0.1, 0.15) is 18.1 Å². The van der Waals surface area contributed by atoms with Crippen molar-refractivity contribution in [3.8, 4) is 22.8 Å². The van der Waals surface area contributed by atoms with Gasteiger partial charge < -0.3 is 19.5 Å². The molecule has 2 heterocycles. The van der Waals surface area contributed by atoms with Gasteiger partial charge in [-0.1, -0.05) is 12.1 Å². The molecule has 0 unspecified atom stereocenters. The maximum Gasteiger partial charge on any atom is 0.337 e. The number of benzene rings is 3. The number of anilines is 1. The van der Waals surface area contributed by atoms with Gasteiger partial charge in [-0.2, -0.15) is 5.10 Å². The number of rotatable bonds is 7. The van der Waals surface area contributed by atoms with Crippen LogP contribution in [0.15, 0.2) is 82.2 Å². The van der Waals surface area contributed by atoms with E-state index < -0.39 is 0 Å². The number of hydrogen-bond donors (Lipinski definition) is 1. The van der Waals surface area contributed by atoms with Crippen LogP contribution >= 0.6 is 11.3 Å². The summed E-state index contributed by atoms with van der Waals surface area (Å²) in [5, 5.41) is 9.49. The minimum Gasteiger partial charge on any atom is -0.489 e. The van der Waals surface area contributed by atoms with E-state index in [0.717, 1.165) is 27.2 Å². The Balaban J connectivity index is 1.29. The Morgan fingerprint density at radius 1 is 1.13 bits per heavy atom. The lowest BCUT2D eigenvalue weighted by Crippen LogP contribution is -2.25. The molecule has 0 atom stereocenters. The minimum atomic E-state index is -0.368. The summed E-state index contributed by atoms with van der Waals surface area (Å²) < 4.78 is 17.8. The fourth-order valence-electron chi connectivity index (χ4n) is 3.80. The molecule has 1 aromatic heterocycles. The van der Waals surface area contributed by atoms with Crippen LogP contribution in [0.25, 0.3) is 11.3 Å². The summed E-state index contributed by atoms with van der Waals surface area (Å²) in [5.41, 5.74) is 4.67. The number of hydrogen-bond acceptors (Lipinski definition) is 8. The van der Waals surface area contributed by atoms with Crippen molar-refractivity contribution < 1.29 is 23.8 Å². The van der Waals surface area contributed by atoms with Crippen LogP contribution in [0.2, 0.25) is 0 Å². The zero-order valence-corrected chi connectivity index (χ0v) is 21.5. The third-order valence-corrected chi connectivity index (χ3v) is 6.68. The van der Waals surface area contributed by atoms with E-state index in [1.165, 1.54) is 18.4 Å². The third-order valence-electron chi connectivity index (χ3n) is 5.77. The fourth-order valence-corrected chi connectivity index (χ4v) is 4.60. The van der Waals surface area contributed by atoms with E-state index in [1.807, 2.05) is 60.0 Å². The molecule has 0 aliphatic carbocycles. The van der Waals surface area contributed by atoms with Crippen molar-refractivity contribution in [3.05, 3.63) is 93.6 Å². The lowest BCUT2D eigenvalue weighted by Gasteiger charge is -2.18. The molecular formula is C28H24N4O5S. The Labute approximate surface area is 222 Å². The van der Waals surface area contributed by atoms with Crippen molar-refractivity contribution in [1.29, 1.82) is 0 Å². The summed E-state index contributed by atoms with van der Waals surface area (Å²) in [6.07, 6.45) is 1.75. The molecule has 0 fully saturated rings. The number of carbonyl (C=O) groups excluding carboxylic acids is 2. The van der Waals surface area contributed by atoms with Crippen molar-refractivity contribution in [2.75, 3.05) is 26.1 Å². The first-order valence-electron chi connectivity index (χ1n) is 11.7. The number of nitrogens with one attached hydrogen (secondary N) is 1. The van der Waals surface area contributed by atoms with Crippen LogP contribution in [-0.2, 0) is 16.1 Å². The van der Waals surface area contributed by atoms with Crippen LogP contribution in [0, 0.1) is 0 Å². The van der Waals surface area contributed by atoms with Gasteiger partial charge in [-0.25, -0.2) is 9.47 Å². The summed E-state index contributed by atoms with van der Waals surface area (Å²) in [6.45, 7) is 0.387. The highest BCUT2D eigenvalue weighted by Crippen LogP contribution is 2.32. The van der Waals surface area contributed by atoms with Crippen molar-refractivity contribution in [3.63, 3.8) is 0 Å². The normalized spacial score (nSPS) is 13.1. The van der Waals surface area contributed by atoms with Crippen LogP contribution < -0.4 is 19.6 Å². The SMILES string of the molecule is CN=c1scc(-c2ccc3c(c2)NC(=O)CO3)n1N=Cc1ccc(OCc2ccc(C(=O)OC)cc2)cc1. The molecule has 38 heavy (non-hydrogen) atoms. The Morgan fingerprint density at radius 2 is 1.92 bits per heavy atom. The van der Waals surface area contributed by atoms with Gasteiger partial charge in [0.25, 0.3) is 5.91 Å². The number of thiazole rings is 1. The predicted octanol–water partition coefficient (Wildman–Crippen LogP) is 4.33. The molecule has 3 aromatic carbocycles. The maximum absolute atomic E-state index is 11.7. The molecule has 192 valence electrons. The van der Waals surface area contributed by atoms with Gasteiger partial charge in [0, 0.05) is 18.0 Å². The molecule has 0 spiro atoms. The first kappa shape index (κ1) is 25.0. The van der Waals surface area contributed by atoms with Gasteiger partial charge in [0.15, 0.2) is 6.61 Å². The second kappa shape index (κ2) is 11.1. The first-order valence-corrected chi connectivity index (χ1v) is 12.6. The van der Waals surface area contributed by atoms with E-state index in [9.17, 15) is 9.59 Å². The fraction of sp³-hybridized carbons (Fsp3) is 0.143. The molecule has 5 rings (SSSR count). The summed E-state index contributed by atoms with van der Waals surface area (Å²) in [7, 11) is 3.08. The first-order chi connectivity index (χ1) is 18.5. The van der Waals surface area contributed by atoms with Crippen molar-refractivity contribution in [2.45, 2.75) is 6.61 Å². The monoisotopic (exact) mass is 528 g/mol. The standard InChI is InChI=1S/C28H24N4O5S/c1-29-28-32(24(17-38-28)21-9-12-25-23(13-21)31-26(33)16-37-25)30-14-18-5-10-22(11-6-18)36-15-19-3-7-20(8-4-19)27(34)35-2/h3-14,17H,15-16H2,1-2H3,(H,31,33). The second-order valence-electron chi connectivity index (χ2n) is 8.28. The predicted molar refractivity (Wildman–Crippen MR) is 145 cm³/mol. The van der Waals surface area contributed by atoms with Crippen molar-refractivity contribution in [1.82, 2.24) is 4.68 Å². The molecule has 1 aliphatic rings. The average molecular weight is 529 g/mol.